The summed E-state index contributed by atoms with van der Waals surface area (Å²) >= 11 is 0. The van der Waals surface area contributed by atoms with E-state index in [-0.39, 0.29) is 0 Å². The molecule has 0 aliphatic heterocycles. The van der Waals surface area contributed by atoms with Gasteiger partial charge in [0.15, 0.2) is 0 Å². The molecule has 0 unspecified atom stereocenters. The van der Waals surface area contributed by atoms with Crippen molar-refractivity contribution in [3.8, 4) is 0 Å². The third-order valence-electron chi connectivity index (χ3n) is 1.81. The van der Waals surface area contributed by atoms with Crippen LogP contribution in [0.4, 0.5) is 5.69 Å². The van der Waals surface area contributed by atoms with Gasteiger partial charge in [-0.15, -0.1) is 0 Å². The molecule has 0 heterocycles. The average Bonchev–Trinajstić information content (AvgIpc) is 2.16. The Bertz CT molecular complexity index is 315. The predicted octanol–water partition coefficient (Wildman–Crippen LogP) is -0.594. The fourth-order valence-electron chi connectivity index (χ4n) is 1.21. The lowest BCUT2D eigenvalue weighted by atomic mass is 9.78. The summed E-state index contributed by atoms with van der Waals surface area (Å²) in [5.41, 5.74) is 1.59. The summed E-state index contributed by atoms with van der Waals surface area (Å²) in [5.74, 6) is 0. The molecule has 0 aromatic heterocycles. The van der Waals surface area contributed by atoms with Crippen LogP contribution < -0.4 is 10.8 Å². The maximum Gasteiger partial charge on any atom is 0.490 e. The van der Waals surface area contributed by atoms with Crippen LogP contribution in [0, 0.1) is 5.41 Å². The fraction of sp³-hybridized carbons (Fsp3) is 0.125. The lowest BCUT2D eigenvalue weighted by Crippen LogP contribution is -2.32. The molecule has 0 amide bonds. The minimum Gasteiger partial charge on any atom is -0.423 e. The molecule has 0 aliphatic rings. The highest BCUT2D eigenvalue weighted by molar-refractivity contribution is 6.60. The minimum absolute atomic E-state index is 0.378. The van der Waals surface area contributed by atoms with Crippen LogP contribution in [0.3, 0.4) is 0 Å². The van der Waals surface area contributed by atoms with E-state index in [1.807, 2.05) is 0 Å². The molecule has 1 rings (SSSR count). The summed E-state index contributed by atoms with van der Waals surface area (Å²) in [6, 6.07) is 5.00. The molecule has 0 saturated heterocycles. The van der Waals surface area contributed by atoms with Gasteiger partial charge in [-0.25, -0.2) is 0 Å². The van der Waals surface area contributed by atoms with Crippen LogP contribution in [0.25, 0.3) is 0 Å². The van der Waals surface area contributed by atoms with Crippen molar-refractivity contribution in [3.05, 3.63) is 23.8 Å². The van der Waals surface area contributed by atoms with Gasteiger partial charge in [-0.3, -0.25) is 0 Å². The zero-order valence-electron chi connectivity index (χ0n) is 7.28. The standard InChI is InChI=1S/C8H11BN2O2/c1-11-8-6(5-10)3-2-4-7(8)9(12)13/h2-5,10-13H,1H3. The Morgan fingerprint density at radius 1 is 1.46 bits per heavy atom. The van der Waals surface area contributed by atoms with Crippen LogP contribution in [0.2, 0.25) is 0 Å². The van der Waals surface area contributed by atoms with Crippen molar-refractivity contribution in [1.82, 2.24) is 0 Å². The number of nitrogens with one attached hydrogen (secondary N) is 2. The first kappa shape index (κ1) is 9.76. The molecule has 0 atom stereocenters. The largest absolute Gasteiger partial charge is 0.490 e. The molecular formula is C8H11BN2O2. The second kappa shape index (κ2) is 4.07. The van der Waals surface area contributed by atoms with Gasteiger partial charge in [0.05, 0.1) is 0 Å². The van der Waals surface area contributed by atoms with Gasteiger partial charge in [-0.2, -0.15) is 0 Å². The Morgan fingerprint density at radius 3 is 2.62 bits per heavy atom. The van der Waals surface area contributed by atoms with Crippen molar-refractivity contribution >= 4 is 24.5 Å². The average molecular weight is 178 g/mol. The van der Waals surface area contributed by atoms with E-state index in [4.69, 9.17) is 15.5 Å². The molecular weight excluding hydrogens is 167 g/mol. The first-order valence-electron chi connectivity index (χ1n) is 3.88. The number of anilines is 1. The van der Waals surface area contributed by atoms with Crippen molar-refractivity contribution in [1.29, 1.82) is 5.41 Å². The number of rotatable bonds is 3. The second-order valence-electron chi connectivity index (χ2n) is 2.58. The van der Waals surface area contributed by atoms with Crippen molar-refractivity contribution in [3.63, 3.8) is 0 Å². The fourth-order valence-corrected chi connectivity index (χ4v) is 1.21. The van der Waals surface area contributed by atoms with Crippen LogP contribution in [-0.4, -0.2) is 30.4 Å². The Labute approximate surface area is 76.9 Å². The van der Waals surface area contributed by atoms with Gasteiger partial charge in [0.1, 0.15) is 0 Å². The van der Waals surface area contributed by atoms with Crippen LogP contribution in [-0.2, 0) is 0 Å². The smallest absolute Gasteiger partial charge is 0.423 e. The van der Waals surface area contributed by atoms with Gasteiger partial charge in [0.2, 0.25) is 0 Å². The summed E-state index contributed by atoms with van der Waals surface area (Å²) in [4.78, 5) is 0. The molecule has 0 aliphatic carbocycles. The van der Waals surface area contributed by atoms with E-state index in [1.165, 1.54) is 0 Å². The maximum atomic E-state index is 9.00. The van der Waals surface area contributed by atoms with Crippen molar-refractivity contribution in [2.45, 2.75) is 0 Å². The number of hydrogen-bond donors (Lipinski definition) is 4. The minimum atomic E-state index is -1.51. The third-order valence-corrected chi connectivity index (χ3v) is 1.81. The molecule has 4 nitrogen and oxygen atoms in total. The molecule has 68 valence electrons. The summed E-state index contributed by atoms with van der Waals surface area (Å²) < 4.78 is 0. The Hall–Kier alpha value is -1.33. The zero-order valence-corrected chi connectivity index (χ0v) is 7.28. The quantitative estimate of drug-likeness (QED) is 0.369. The van der Waals surface area contributed by atoms with Gasteiger partial charge in [0, 0.05) is 30.0 Å². The van der Waals surface area contributed by atoms with Gasteiger partial charge >= 0.3 is 7.12 Å². The second-order valence-corrected chi connectivity index (χ2v) is 2.58. The first-order chi connectivity index (χ1) is 6.20. The van der Waals surface area contributed by atoms with Crippen molar-refractivity contribution in [2.75, 3.05) is 12.4 Å². The summed E-state index contributed by atoms with van der Waals surface area (Å²) in [6.45, 7) is 0. The van der Waals surface area contributed by atoms with Gasteiger partial charge in [-0.05, 0) is 0 Å². The SMILES string of the molecule is CNc1c(C=N)cccc1B(O)O. The van der Waals surface area contributed by atoms with Gasteiger partial charge in [-0.1, -0.05) is 18.2 Å². The third kappa shape index (κ3) is 1.88. The number of para-hydroxylation sites is 1. The van der Waals surface area contributed by atoms with Crippen LogP contribution in [0.5, 0.6) is 0 Å². The lowest BCUT2D eigenvalue weighted by molar-refractivity contribution is 0.426. The molecule has 0 fully saturated rings. The molecule has 0 bridgehead atoms. The molecule has 5 heteroatoms. The topological polar surface area (TPSA) is 76.3 Å². The van der Waals surface area contributed by atoms with E-state index in [2.05, 4.69) is 5.32 Å². The van der Waals surface area contributed by atoms with E-state index in [0.717, 1.165) is 6.21 Å². The monoisotopic (exact) mass is 178 g/mol. The van der Waals surface area contributed by atoms with Crippen LogP contribution in [0.15, 0.2) is 18.2 Å². The van der Waals surface area contributed by atoms with Gasteiger partial charge in [0.25, 0.3) is 0 Å². The molecule has 13 heavy (non-hydrogen) atoms. The van der Waals surface area contributed by atoms with E-state index in [1.54, 1.807) is 25.2 Å². The highest BCUT2D eigenvalue weighted by Gasteiger charge is 2.16. The van der Waals surface area contributed by atoms with E-state index >= 15 is 0 Å². The predicted molar refractivity (Wildman–Crippen MR) is 53.7 cm³/mol. The maximum absolute atomic E-state index is 9.00. The Balaban J connectivity index is 3.26. The Kier molecular flexibility index (Phi) is 3.05. The van der Waals surface area contributed by atoms with Crippen LogP contribution in [0.1, 0.15) is 5.56 Å². The normalized spacial score (nSPS) is 9.46. The highest BCUT2D eigenvalue weighted by Crippen LogP contribution is 2.09. The van der Waals surface area contributed by atoms with Crippen molar-refractivity contribution < 1.29 is 10.0 Å². The Morgan fingerprint density at radius 2 is 2.15 bits per heavy atom. The summed E-state index contributed by atoms with van der Waals surface area (Å²) in [7, 11) is 0.163. The molecule has 0 radical (unpaired) electrons. The molecule has 4 N–H and O–H groups in total. The lowest BCUT2D eigenvalue weighted by Gasteiger charge is -2.10. The first-order valence-corrected chi connectivity index (χ1v) is 3.88. The molecule has 1 aromatic carbocycles. The van der Waals surface area contributed by atoms with E-state index < -0.39 is 7.12 Å². The van der Waals surface area contributed by atoms with E-state index in [9.17, 15) is 0 Å². The molecule has 0 saturated carbocycles. The number of hydrogen-bond acceptors (Lipinski definition) is 4. The number of benzene rings is 1. The summed E-state index contributed by atoms with van der Waals surface area (Å²) in [5, 5.41) is 27.9. The van der Waals surface area contributed by atoms with Crippen LogP contribution >= 0.6 is 0 Å². The zero-order chi connectivity index (χ0) is 9.84. The highest BCUT2D eigenvalue weighted by atomic mass is 16.4. The van der Waals surface area contributed by atoms with E-state index in [0.29, 0.717) is 16.7 Å². The molecule has 0 spiro atoms. The van der Waals surface area contributed by atoms with Gasteiger partial charge < -0.3 is 20.8 Å². The van der Waals surface area contributed by atoms with Crippen molar-refractivity contribution in [2.24, 2.45) is 0 Å². The molecule has 1 aromatic rings. The summed E-state index contributed by atoms with van der Waals surface area (Å²) in [6.07, 6.45) is 1.16.